The summed E-state index contributed by atoms with van der Waals surface area (Å²) in [4.78, 5) is 6.70. The number of hydrogen-bond acceptors (Lipinski definition) is 5. The molecular formula is C19H28N4O3. The van der Waals surface area contributed by atoms with Gasteiger partial charge in [-0.25, -0.2) is 4.99 Å². The fourth-order valence-electron chi connectivity index (χ4n) is 2.53. The largest absolute Gasteiger partial charge is 0.497 e. The Hall–Kier alpha value is -2.70. The van der Waals surface area contributed by atoms with Gasteiger partial charge in [0.1, 0.15) is 18.0 Å². The molecule has 0 spiro atoms. The highest BCUT2D eigenvalue weighted by Crippen LogP contribution is 2.25. The van der Waals surface area contributed by atoms with Crippen LogP contribution in [0.1, 0.15) is 30.9 Å². The van der Waals surface area contributed by atoms with Crippen LogP contribution in [0.25, 0.3) is 0 Å². The Labute approximate surface area is 155 Å². The van der Waals surface area contributed by atoms with E-state index < -0.39 is 0 Å². The van der Waals surface area contributed by atoms with Gasteiger partial charge in [0.15, 0.2) is 11.7 Å². The number of nitrogens with zero attached hydrogens (tertiary/aromatic N) is 3. The molecule has 0 amide bonds. The molecule has 1 N–H and O–H groups in total. The molecule has 0 saturated carbocycles. The minimum absolute atomic E-state index is 0.444. The Balaban J connectivity index is 2.12. The Morgan fingerprint density at radius 2 is 2.04 bits per heavy atom. The van der Waals surface area contributed by atoms with Gasteiger partial charge in [-0.05, 0) is 25.5 Å². The maximum Gasteiger partial charge on any atom is 0.194 e. The number of hydrogen-bond donors (Lipinski definition) is 1. The van der Waals surface area contributed by atoms with Crippen molar-refractivity contribution >= 4 is 5.96 Å². The number of aliphatic imine (C=N–C) groups is 1. The van der Waals surface area contributed by atoms with E-state index in [-0.39, 0.29) is 0 Å². The van der Waals surface area contributed by atoms with Gasteiger partial charge in [0.2, 0.25) is 0 Å². The van der Waals surface area contributed by atoms with Crippen LogP contribution >= 0.6 is 0 Å². The zero-order chi connectivity index (χ0) is 18.9. The molecule has 0 fully saturated rings. The predicted molar refractivity (Wildman–Crippen MR) is 102 cm³/mol. The molecule has 1 aromatic heterocycles. The van der Waals surface area contributed by atoms with E-state index in [0.717, 1.165) is 47.4 Å². The van der Waals surface area contributed by atoms with Crippen molar-refractivity contribution in [3.63, 3.8) is 0 Å². The highest BCUT2D eigenvalue weighted by atomic mass is 16.5. The minimum Gasteiger partial charge on any atom is -0.497 e. The van der Waals surface area contributed by atoms with Crippen molar-refractivity contribution < 1.29 is 14.0 Å². The monoisotopic (exact) mass is 360 g/mol. The number of rotatable bonds is 8. The summed E-state index contributed by atoms with van der Waals surface area (Å²) in [6.07, 6.45) is 0.852. The predicted octanol–water partition coefficient (Wildman–Crippen LogP) is 2.85. The molecule has 0 aliphatic heterocycles. The van der Waals surface area contributed by atoms with Crippen LogP contribution in [0.15, 0.2) is 33.8 Å². The first-order chi connectivity index (χ1) is 12.6. The molecule has 0 aliphatic rings. The molecule has 1 heterocycles. The molecule has 0 atom stereocenters. The van der Waals surface area contributed by atoms with Crippen LogP contribution in [0.3, 0.4) is 0 Å². The zero-order valence-electron chi connectivity index (χ0n) is 16.2. The first-order valence-electron chi connectivity index (χ1n) is 8.76. The van der Waals surface area contributed by atoms with Gasteiger partial charge in [-0.2, -0.15) is 0 Å². The van der Waals surface area contributed by atoms with Gasteiger partial charge >= 0.3 is 0 Å². The molecule has 0 bridgehead atoms. The summed E-state index contributed by atoms with van der Waals surface area (Å²) < 4.78 is 16.0. The number of aromatic nitrogens is 1. The lowest BCUT2D eigenvalue weighted by molar-refractivity contribution is 0.376. The van der Waals surface area contributed by atoms with Crippen LogP contribution in [0.4, 0.5) is 0 Å². The smallest absolute Gasteiger partial charge is 0.194 e. The molecule has 26 heavy (non-hydrogen) atoms. The minimum atomic E-state index is 0.444. The summed E-state index contributed by atoms with van der Waals surface area (Å²) in [5.41, 5.74) is 1.99. The van der Waals surface area contributed by atoms with Crippen molar-refractivity contribution in [1.82, 2.24) is 15.4 Å². The Kier molecular flexibility index (Phi) is 7.32. The third-order valence-electron chi connectivity index (χ3n) is 3.95. The molecule has 0 saturated heterocycles. The van der Waals surface area contributed by atoms with Crippen molar-refractivity contribution in [3.8, 4) is 11.5 Å². The topological polar surface area (TPSA) is 72.1 Å². The van der Waals surface area contributed by atoms with Gasteiger partial charge in [0.05, 0.1) is 19.9 Å². The van der Waals surface area contributed by atoms with Crippen LogP contribution in [-0.4, -0.2) is 43.8 Å². The van der Waals surface area contributed by atoms with Gasteiger partial charge in [-0.1, -0.05) is 12.1 Å². The van der Waals surface area contributed by atoms with Crippen LogP contribution in [0.2, 0.25) is 0 Å². The molecule has 142 valence electrons. The molecule has 2 aromatic rings. The Bertz CT molecular complexity index is 727. The van der Waals surface area contributed by atoms with Crippen LogP contribution in [0.5, 0.6) is 11.5 Å². The fourth-order valence-corrected chi connectivity index (χ4v) is 2.53. The van der Waals surface area contributed by atoms with E-state index in [1.165, 1.54) is 0 Å². The second-order valence-electron chi connectivity index (χ2n) is 5.84. The average Bonchev–Trinajstić information content (AvgIpc) is 3.13. The lowest BCUT2D eigenvalue weighted by atomic mass is 10.2. The van der Waals surface area contributed by atoms with Crippen LogP contribution in [-0.2, 0) is 19.5 Å². The maximum atomic E-state index is 5.48. The molecule has 0 radical (unpaired) electrons. The number of benzene rings is 1. The molecule has 0 unspecified atom stereocenters. The molecule has 7 nitrogen and oxygen atoms in total. The first-order valence-corrected chi connectivity index (χ1v) is 8.76. The molecular weight excluding hydrogens is 332 g/mol. The van der Waals surface area contributed by atoms with E-state index in [4.69, 9.17) is 14.0 Å². The average molecular weight is 360 g/mol. The lowest BCUT2D eigenvalue weighted by Gasteiger charge is -2.23. The lowest BCUT2D eigenvalue weighted by Crippen LogP contribution is -2.38. The summed E-state index contributed by atoms with van der Waals surface area (Å²) in [6, 6.07) is 7.76. The quantitative estimate of drug-likeness (QED) is 0.576. The van der Waals surface area contributed by atoms with E-state index in [1.807, 2.05) is 50.1 Å². The number of nitrogens with one attached hydrogen (secondary N) is 1. The second-order valence-corrected chi connectivity index (χ2v) is 5.84. The van der Waals surface area contributed by atoms with Crippen molar-refractivity contribution in [1.29, 1.82) is 0 Å². The third-order valence-corrected chi connectivity index (χ3v) is 3.95. The highest BCUT2D eigenvalue weighted by molar-refractivity contribution is 5.79. The van der Waals surface area contributed by atoms with Gasteiger partial charge in [-0.15, -0.1) is 0 Å². The summed E-state index contributed by atoms with van der Waals surface area (Å²) >= 11 is 0. The van der Waals surface area contributed by atoms with Crippen molar-refractivity contribution in [2.45, 2.75) is 33.4 Å². The molecule has 1 aromatic carbocycles. The molecule has 7 heteroatoms. The van der Waals surface area contributed by atoms with E-state index in [1.54, 1.807) is 14.2 Å². The standard InChI is InChI=1S/C19H28N4O3/c1-6-15-10-17(26-22-15)12-21-19(20-7-2)23(3)13-14-8-9-16(24-4)11-18(14)25-5/h8-11H,6-7,12-13H2,1-5H3,(H,20,21). The van der Waals surface area contributed by atoms with E-state index in [9.17, 15) is 0 Å². The highest BCUT2D eigenvalue weighted by Gasteiger charge is 2.12. The summed E-state index contributed by atoms with van der Waals surface area (Å²) in [5.74, 6) is 3.10. The van der Waals surface area contributed by atoms with E-state index >= 15 is 0 Å². The van der Waals surface area contributed by atoms with Crippen molar-refractivity contribution in [2.75, 3.05) is 27.8 Å². The van der Waals surface area contributed by atoms with Crippen LogP contribution < -0.4 is 14.8 Å². The fraction of sp³-hybridized carbons (Fsp3) is 0.474. The normalized spacial score (nSPS) is 11.3. The van der Waals surface area contributed by atoms with Gasteiger partial charge < -0.3 is 24.2 Å². The number of ether oxygens (including phenoxy) is 2. The zero-order valence-corrected chi connectivity index (χ0v) is 16.2. The van der Waals surface area contributed by atoms with Gasteiger partial charge in [0, 0.05) is 37.8 Å². The second kappa shape index (κ2) is 9.70. The van der Waals surface area contributed by atoms with Crippen molar-refractivity contribution in [3.05, 3.63) is 41.3 Å². The molecule has 0 aliphatic carbocycles. The number of aryl methyl sites for hydroxylation is 1. The number of methoxy groups -OCH3 is 2. The van der Waals surface area contributed by atoms with Gasteiger partial charge in [-0.3, -0.25) is 0 Å². The Morgan fingerprint density at radius 1 is 1.23 bits per heavy atom. The van der Waals surface area contributed by atoms with Crippen molar-refractivity contribution in [2.24, 2.45) is 4.99 Å². The summed E-state index contributed by atoms with van der Waals surface area (Å²) in [6.45, 7) is 5.96. The molecule has 2 rings (SSSR count). The summed E-state index contributed by atoms with van der Waals surface area (Å²) in [7, 11) is 5.29. The van der Waals surface area contributed by atoms with E-state index in [2.05, 4.69) is 15.5 Å². The van der Waals surface area contributed by atoms with Gasteiger partial charge in [0.25, 0.3) is 0 Å². The van der Waals surface area contributed by atoms with E-state index in [0.29, 0.717) is 13.1 Å². The maximum absolute atomic E-state index is 5.48. The SMILES string of the molecule is CCNC(=NCc1cc(CC)no1)N(C)Cc1ccc(OC)cc1OC. The number of guanidine groups is 1. The summed E-state index contributed by atoms with van der Waals surface area (Å²) in [5, 5.41) is 7.31. The first kappa shape index (κ1) is 19.6. The van der Waals surface area contributed by atoms with Crippen LogP contribution in [0, 0.1) is 0 Å². The Morgan fingerprint density at radius 3 is 2.65 bits per heavy atom. The third kappa shape index (κ3) is 5.15.